The number of hydrogen-bond donors (Lipinski definition) is 2. The van der Waals surface area contributed by atoms with E-state index in [9.17, 15) is 10.0 Å². The predicted molar refractivity (Wildman–Crippen MR) is 209 cm³/mol. The van der Waals surface area contributed by atoms with E-state index in [1.807, 2.05) is 54.6 Å². The Hall–Kier alpha value is -5.60. The standard InChI is InChI=1S/C22H21BO3.2C12H9N/c24-23(25)26-18-10-17-22(19-11-4-1-5-12-19,20-13-6-2-7-14-20)21-15-8-3-9-16-21;2*1-2-4-10-9(3-1)5-6-12-11(10)7-8-13-12/h1-9,11-16H,10,17-18H2;2*1-8,13H/q-2;;/p+2. The minimum Gasteiger partial charge on any atom is -0.871 e. The molecule has 9 rings (SSSR count). The average Bonchev–Trinajstić information content (AvgIpc) is 3.91. The zero-order valence-corrected chi connectivity index (χ0v) is 29.0. The first-order valence-corrected chi connectivity index (χ1v) is 17.8. The SMILES string of the molecule is C1=Cc2c(ccc3ccccc23)[NH2+]1.C1=Cc2c(ccc3ccccc23)[NH2+]1.[O-]B([O-])OCCCC(c1ccccc1)(c1ccccc1)c1ccccc1. The summed E-state index contributed by atoms with van der Waals surface area (Å²) < 4.78 is 4.73. The van der Waals surface area contributed by atoms with Gasteiger partial charge in [0.1, 0.15) is 11.4 Å². The van der Waals surface area contributed by atoms with E-state index in [2.05, 4.69) is 144 Å². The second-order valence-electron chi connectivity index (χ2n) is 12.9. The van der Waals surface area contributed by atoms with E-state index in [1.165, 1.54) is 60.7 Å². The molecule has 0 amide bonds. The molecule has 2 heterocycles. The Labute approximate surface area is 305 Å². The Morgan fingerprint density at radius 3 is 1.31 bits per heavy atom. The van der Waals surface area contributed by atoms with Crippen LogP contribution in [0.5, 0.6) is 0 Å². The molecule has 52 heavy (non-hydrogen) atoms. The minimum atomic E-state index is -2.23. The second-order valence-corrected chi connectivity index (χ2v) is 12.9. The van der Waals surface area contributed by atoms with E-state index >= 15 is 0 Å². The van der Waals surface area contributed by atoms with Gasteiger partial charge < -0.3 is 14.7 Å². The molecule has 256 valence electrons. The maximum absolute atomic E-state index is 10.7. The average molecular weight is 681 g/mol. The molecular weight excluding hydrogens is 639 g/mol. The molecule has 0 bridgehead atoms. The first-order chi connectivity index (χ1) is 25.6. The highest BCUT2D eigenvalue weighted by atomic mass is 16.6. The van der Waals surface area contributed by atoms with Crippen LogP contribution in [-0.2, 0) is 10.1 Å². The minimum absolute atomic E-state index is 0.159. The Balaban J connectivity index is 0.000000134. The van der Waals surface area contributed by atoms with Crippen LogP contribution in [-0.4, -0.2) is 13.9 Å². The van der Waals surface area contributed by atoms with Crippen LogP contribution in [0.3, 0.4) is 0 Å². The van der Waals surface area contributed by atoms with Gasteiger partial charge in [-0.15, -0.1) is 0 Å². The fourth-order valence-electron chi connectivity index (χ4n) is 7.40. The highest BCUT2D eigenvalue weighted by Crippen LogP contribution is 2.43. The lowest BCUT2D eigenvalue weighted by molar-refractivity contribution is -0.491. The van der Waals surface area contributed by atoms with E-state index < -0.39 is 7.32 Å². The maximum atomic E-state index is 10.7. The van der Waals surface area contributed by atoms with Crippen LogP contribution < -0.4 is 20.7 Å². The lowest BCUT2D eigenvalue weighted by Crippen LogP contribution is -2.69. The predicted octanol–water partition coefficient (Wildman–Crippen LogP) is 6.56. The maximum Gasteiger partial charge on any atom is 0.142 e. The van der Waals surface area contributed by atoms with E-state index in [1.54, 1.807) is 0 Å². The summed E-state index contributed by atoms with van der Waals surface area (Å²) in [5, 5.41) is 31.0. The van der Waals surface area contributed by atoms with Crippen molar-refractivity contribution in [3.8, 4) is 0 Å². The monoisotopic (exact) mass is 680 g/mol. The zero-order valence-electron chi connectivity index (χ0n) is 29.0. The molecule has 6 heteroatoms. The fraction of sp³-hybridized carbons (Fsp3) is 0.0870. The van der Waals surface area contributed by atoms with Crippen LogP contribution >= 0.6 is 0 Å². The molecule has 5 nitrogen and oxygen atoms in total. The van der Waals surface area contributed by atoms with Gasteiger partial charge in [0.05, 0.1) is 19.7 Å². The van der Waals surface area contributed by atoms with Crippen molar-refractivity contribution in [1.82, 2.24) is 0 Å². The normalized spacial score (nSPS) is 12.4. The topological polar surface area (TPSA) is 88.6 Å². The van der Waals surface area contributed by atoms with Gasteiger partial charge in [-0.3, -0.25) is 10.6 Å². The summed E-state index contributed by atoms with van der Waals surface area (Å²) in [6, 6.07) is 56.8. The molecular formula is C46H41BN2O3. The van der Waals surface area contributed by atoms with Crippen molar-refractivity contribution in [3.63, 3.8) is 0 Å². The summed E-state index contributed by atoms with van der Waals surface area (Å²) in [7, 11) is -2.23. The molecule has 7 aromatic rings. The third-order valence-electron chi connectivity index (χ3n) is 9.84. The van der Waals surface area contributed by atoms with Gasteiger partial charge in [0.2, 0.25) is 0 Å². The highest BCUT2D eigenvalue weighted by Gasteiger charge is 2.35. The molecule has 0 aromatic heterocycles. The molecule has 2 aliphatic rings. The van der Waals surface area contributed by atoms with Gasteiger partial charge in [0.15, 0.2) is 0 Å². The first kappa shape index (κ1) is 34.8. The van der Waals surface area contributed by atoms with Crippen LogP contribution in [0.2, 0.25) is 0 Å². The van der Waals surface area contributed by atoms with E-state index in [0.29, 0.717) is 6.42 Å². The molecule has 7 aromatic carbocycles. The van der Waals surface area contributed by atoms with Crippen molar-refractivity contribution < 1.29 is 25.3 Å². The summed E-state index contributed by atoms with van der Waals surface area (Å²) in [6.07, 6.45) is 9.92. The Bertz CT molecular complexity index is 2100. The van der Waals surface area contributed by atoms with Crippen molar-refractivity contribution in [2.24, 2.45) is 0 Å². The lowest BCUT2D eigenvalue weighted by atomic mass is 9.67. The van der Waals surface area contributed by atoms with Crippen LogP contribution in [0, 0.1) is 0 Å². The van der Waals surface area contributed by atoms with Crippen molar-refractivity contribution in [2.45, 2.75) is 18.3 Å². The summed E-state index contributed by atoms with van der Waals surface area (Å²) in [5.74, 6) is 0. The van der Waals surface area contributed by atoms with E-state index in [4.69, 9.17) is 4.65 Å². The summed E-state index contributed by atoms with van der Waals surface area (Å²) in [4.78, 5) is 0. The van der Waals surface area contributed by atoms with E-state index in [0.717, 1.165) is 6.42 Å². The number of hydrogen-bond acceptors (Lipinski definition) is 3. The van der Waals surface area contributed by atoms with Gasteiger partial charge >= 0.3 is 0 Å². The number of benzene rings is 7. The number of fused-ring (bicyclic) bond motifs is 6. The van der Waals surface area contributed by atoms with Gasteiger partial charge in [-0.1, -0.05) is 140 Å². The van der Waals surface area contributed by atoms with Crippen LogP contribution in [0.15, 0.2) is 176 Å². The van der Waals surface area contributed by atoms with Crippen molar-refractivity contribution >= 4 is 52.4 Å². The molecule has 0 atom stereocenters. The van der Waals surface area contributed by atoms with Crippen LogP contribution in [0.25, 0.3) is 33.7 Å². The Morgan fingerprint density at radius 1 is 0.481 bits per heavy atom. The van der Waals surface area contributed by atoms with Gasteiger partial charge in [0.25, 0.3) is 0 Å². The summed E-state index contributed by atoms with van der Waals surface area (Å²) >= 11 is 0. The van der Waals surface area contributed by atoms with Gasteiger partial charge in [0, 0.05) is 47.4 Å². The summed E-state index contributed by atoms with van der Waals surface area (Å²) in [6.45, 7) is 0.159. The van der Waals surface area contributed by atoms with Crippen LogP contribution in [0.1, 0.15) is 40.7 Å². The first-order valence-electron chi connectivity index (χ1n) is 17.8. The molecule has 0 aliphatic carbocycles. The largest absolute Gasteiger partial charge is 0.871 e. The molecule has 0 saturated heterocycles. The number of quaternary nitrogens is 2. The van der Waals surface area contributed by atoms with Crippen molar-refractivity contribution in [3.05, 3.63) is 204 Å². The third kappa shape index (κ3) is 7.67. The third-order valence-corrected chi connectivity index (χ3v) is 9.84. The van der Waals surface area contributed by atoms with Crippen LogP contribution in [0.4, 0.5) is 11.4 Å². The number of nitrogens with two attached hydrogens (primary N) is 2. The second kappa shape index (κ2) is 16.6. The molecule has 0 spiro atoms. The highest BCUT2D eigenvalue weighted by molar-refractivity contribution is 6.28. The molecule has 0 fully saturated rings. The number of rotatable bonds is 8. The fourth-order valence-corrected chi connectivity index (χ4v) is 7.40. The molecule has 0 radical (unpaired) electrons. The zero-order chi connectivity index (χ0) is 35.6. The Morgan fingerprint density at radius 2 is 0.885 bits per heavy atom. The molecule has 2 aliphatic heterocycles. The van der Waals surface area contributed by atoms with Gasteiger partial charge in [-0.05, 0) is 63.2 Å². The lowest BCUT2D eigenvalue weighted by Gasteiger charge is -2.37. The smallest absolute Gasteiger partial charge is 0.142 e. The quantitative estimate of drug-likeness (QED) is 0.0825. The molecule has 4 N–H and O–H groups in total. The van der Waals surface area contributed by atoms with Crippen molar-refractivity contribution in [2.75, 3.05) is 6.61 Å². The van der Waals surface area contributed by atoms with Crippen molar-refractivity contribution in [1.29, 1.82) is 0 Å². The van der Waals surface area contributed by atoms with Gasteiger partial charge in [-0.2, -0.15) is 0 Å². The molecule has 0 saturated carbocycles. The molecule has 0 unspecified atom stereocenters. The summed E-state index contributed by atoms with van der Waals surface area (Å²) in [5.41, 5.74) is 8.55. The van der Waals surface area contributed by atoms with E-state index in [-0.39, 0.29) is 12.0 Å². The Kier molecular flexibility index (Phi) is 11.1. The van der Waals surface area contributed by atoms with Gasteiger partial charge in [-0.25, -0.2) is 0 Å².